The van der Waals surface area contributed by atoms with Gasteiger partial charge in [0.25, 0.3) is 0 Å². The van der Waals surface area contributed by atoms with Gasteiger partial charge in [0.05, 0.1) is 0 Å². The summed E-state index contributed by atoms with van der Waals surface area (Å²) in [4.78, 5) is 0. The van der Waals surface area contributed by atoms with E-state index in [2.05, 4.69) is 25.3 Å². The van der Waals surface area contributed by atoms with Gasteiger partial charge in [-0.05, 0) is 29.8 Å². The van der Waals surface area contributed by atoms with Gasteiger partial charge < -0.3 is 10.1 Å². The first-order valence-electron chi connectivity index (χ1n) is 6.15. The van der Waals surface area contributed by atoms with Crippen LogP contribution in [0.25, 0.3) is 5.65 Å². The van der Waals surface area contributed by atoms with Gasteiger partial charge in [-0.3, -0.25) is 0 Å². The second kappa shape index (κ2) is 5.70. The highest BCUT2D eigenvalue weighted by atomic mass is 19.3. The van der Waals surface area contributed by atoms with Crippen molar-refractivity contribution < 1.29 is 13.5 Å². The molecule has 0 radical (unpaired) electrons. The molecule has 0 unspecified atom stereocenters. The standard InChI is InChI=1S/C13H11F2N5O/c14-13(15)21-10-3-1-9(2-4-10)7-16-11-5-6-12-18-17-8-20(12)19-11/h1-6,8,13H,7H2,(H,16,19). The van der Waals surface area contributed by atoms with Crippen molar-refractivity contribution in [3.63, 3.8) is 0 Å². The quantitative estimate of drug-likeness (QED) is 0.781. The number of fused-ring (bicyclic) bond motifs is 1. The van der Waals surface area contributed by atoms with Gasteiger partial charge in [0.15, 0.2) is 5.65 Å². The third-order valence-electron chi connectivity index (χ3n) is 2.78. The van der Waals surface area contributed by atoms with Crippen molar-refractivity contribution in [2.24, 2.45) is 0 Å². The molecule has 1 aromatic carbocycles. The zero-order valence-corrected chi connectivity index (χ0v) is 10.8. The Morgan fingerprint density at radius 3 is 2.71 bits per heavy atom. The first-order chi connectivity index (χ1) is 10.2. The normalized spacial score (nSPS) is 11.0. The summed E-state index contributed by atoms with van der Waals surface area (Å²) in [5.74, 6) is 0.799. The highest BCUT2D eigenvalue weighted by Gasteiger charge is 2.04. The van der Waals surface area contributed by atoms with Crippen LogP contribution >= 0.6 is 0 Å². The molecule has 108 valence electrons. The summed E-state index contributed by atoms with van der Waals surface area (Å²) in [6.45, 7) is -2.30. The lowest BCUT2D eigenvalue weighted by Crippen LogP contribution is -2.04. The average molecular weight is 291 g/mol. The van der Waals surface area contributed by atoms with E-state index in [-0.39, 0.29) is 5.75 Å². The predicted octanol–water partition coefficient (Wildman–Crippen LogP) is 2.34. The molecular weight excluding hydrogens is 280 g/mol. The van der Waals surface area contributed by atoms with Crippen molar-refractivity contribution in [3.8, 4) is 5.75 Å². The van der Waals surface area contributed by atoms with E-state index in [1.807, 2.05) is 0 Å². The maximum Gasteiger partial charge on any atom is 0.387 e. The van der Waals surface area contributed by atoms with Crippen molar-refractivity contribution in [2.75, 3.05) is 5.32 Å². The van der Waals surface area contributed by atoms with Crippen LogP contribution in [0.5, 0.6) is 5.75 Å². The van der Waals surface area contributed by atoms with Crippen LogP contribution in [0.3, 0.4) is 0 Å². The van der Waals surface area contributed by atoms with Gasteiger partial charge in [-0.15, -0.1) is 15.3 Å². The smallest absolute Gasteiger partial charge is 0.387 e. The fraction of sp³-hybridized carbons (Fsp3) is 0.154. The van der Waals surface area contributed by atoms with Crippen LogP contribution in [-0.4, -0.2) is 26.4 Å². The number of hydrogen-bond donors (Lipinski definition) is 1. The zero-order valence-electron chi connectivity index (χ0n) is 10.8. The van der Waals surface area contributed by atoms with E-state index in [1.54, 1.807) is 28.8 Å². The van der Waals surface area contributed by atoms with Crippen LogP contribution in [0.2, 0.25) is 0 Å². The molecule has 6 nitrogen and oxygen atoms in total. The van der Waals surface area contributed by atoms with Crippen molar-refractivity contribution in [2.45, 2.75) is 13.2 Å². The Kier molecular flexibility index (Phi) is 3.59. The van der Waals surface area contributed by atoms with Crippen LogP contribution in [0.4, 0.5) is 14.6 Å². The number of halogens is 2. The minimum absolute atomic E-state index is 0.137. The fourth-order valence-corrected chi connectivity index (χ4v) is 1.80. The Hall–Kier alpha value is -2.77. The molecule has 2 heterocycles. The molecule has 0 aliphatic heterocycles. The van der Waals surface area contributed by atoms with E-state index in [1.165, 1.54) is 18.5 Å². The van der Waals surface area contributed by atoms with Gasteiger partial charge in [0.2, 0.25) is 0 Å². The maximum absolute atomic E-state index is 12.0. The van der Waals surface area contributed by atoms with Crippen LogP contribution < -0.4 is 10.1 Å². The van der Waals surface area contributed by atoms with E-state index in [9.17, 15) is 8.78 Å². The number of aromatic nitrogens is 4. The number of hydrogen-bond acceptors (Lipinski definition) is 5. The van der Waals surface area contributed by atoms with Gasteiger partial charge in [0.1, 0.15) is 17.9 Å². The van der Waals surface area contributed by atoms with Gasteiger partial charge in [-0.2, -0.15) is 13.3 Å². The molecule has 2 aromatic heterocycles. The number of alkyl halides is 2. The molecule has 1 N–H and O–H groups in total. The Morgan fingerprint density at radius 1 is 1.14 bits per heavy atom. The summed E-state index contributed by atoms with van der Waals surface area (Å²) < 4.78 is 29.9. The first-order valence-corrected chi connectivity index (χ1v) is 6.15. The van der Waals surface area contributed by atoms with E-state index in [4.69, 9.17) is 0 Å². The highest BCUT2D eigenvalue weighted by molar-refractivity contribution is 5.43. The number of nitrogens with one attached hydrogen (secondary N) is 1. The summed E-state index contributed by atoms with van der Waals surface area (Å²) in [5.41, 5.74) is 1.58. The summed E-state index contributed by atoms with van der Waals surface area (Å²) in [5, 5.41) is 15.0. The number of anilines is 1. The van der Waals surface area contributed by atoms with E-state index >= 15 is 0 Å². The van der Waals surface area contributed by atoms with Crippen LogP contribution in [0.1, 0.15) is 5.56 Å². The fourth-order valence-electron chi connectivity index (χ4n) is 1.80. The molecule has 3 aromatic rings. The lowest BCUT2D eigenvalue weighted by molar-refractivity contribution is -0.0498. The Bertz CT molecular complexity index is 729. The van der Waals surface area contributed by atoms with Crippen molar-refractivity contribution in [1.29, 1.82) is 0 Å². The molecule has 0 saturated carbocycles. The number of benzene rings is 1. The molecule has 0 bridgehead atoms. The summed E-state index contributed by atoms with van der Waals surface area (Å²) in [6.07, 6.45) is 1.51. The minimum atomic E-state index is -2.81. The molecule has 0 spiro atoms. The van der Waals surface area contributed by atoms with Crippen LogP contribution in [0, 0.1) is 0 Å². The highest BCUT2D eigenvalue weighted by Crippen LogP contribution is 2.15. The first kappa shape index (κ1) is 13.2. The van der Waals surface area contributed by atoms with E-state index in [0.29, 0.717) is 18.0 Å². The topological polar surface area (TPSA) is 64.3 Å². The minimum Gasteiger partial charge on any atom is -0.435 e. The lowest BCUT2D eigenvalue weighted by Gasteiger charge is -2.07. The Labute approximate surface area is 118 Å². The summed E-state index contributed by atoms with van der Waals surface area (Å²) >= 11 is 0. The third-order valence-corrected chi connectivity index (χ3v) is 2.78. The number of nitrogens with zero attached hydrogens (tertiary/aromatic N) is 4. The third kappa shape index (κ3) is 3.22. The molecular formula is C13H11F2N5O. The zero-order chi connectivity index (χ0) is 14.7. The lowest BCUT2D eigenvalue weighted by atomic mass is 10.2. The summed E-state index contributed by atoms with van der Waals surface area (Å²) in [7, 11) is 0. The number of ether oxygens (including phenoxy) is 1. The van der Waals surface area contributed by atoms with Crippen molar-refractivity contribution in [1.82, 2.24) is 19.8 Å². The van der Waals surface area contributed by atoms with Gasteiger partial charge in [-0.25, -0.2) is 0 Å². The molecule has 8 heteroatoms. The summed E-state index contributed by atoms with van der Waals surface area (Å²) in [6, 6.07) is 10.0. The second-order valence-electron chi connectivity index (χ2n) is 4.23. The average Bonchev–Trinajstić information content (AvgIpc) is 2.93. The van der Waals surface area contributed by atoms with Crippen molar-refractivity contribution in [3.05, 3.63) is 48.3 Å². The Morgan fingerprint density at radius 2 is 1.95 bits per heavy atom. The largest absolute Gasteiger partial charge is 0.435 e. The van der Waals surface area contributed by atoms with Crippen LogP contribution in [0.15, 0.2) is 42.7 Å². The van der Waals surface area contributed by atoms with Gasteiger partial charge in [0, 0.05) is 6.54 Å². The molecule has 21 heavy (non-hydrogen) atoms. The molecule has 0 saturated heterocycles. The predicted molar refractivity (Wildman–Crippen MR) is 71.2 cm³/mol. The number of rotatable bonds is 5. The maximum atomic E-state index is 12.0. The van der Waals surface area contributed by atoms with Gasteiger partial charge in [-0.1, -0.05) is 12.1 Å². The molecule has 3 rings (SSSR count). The molecule has 0 aliphatic rings. The molecule has 0 fully saturated rings. The van der Waals surface area contributed by atoms with Crippen LogP contribution in [-0.2, 0) is 6.54 Å². The van der Waals surface area contributed by atoms with Gasteiger partial charge >= 0.3 is 6.61 Å². The van der Waals surface area contributed by atoms with E-state index in [0.717, 1.165) is 5.56 Å². The Balaban J connectivity index is 1.63. The monoisotopic (exact) mass is 291 g/mol. The van der Waals surface area contributed by atoms with E-state index < -0.39 is 6.61 Å². The molecule has 0 amide bonds. The molecule has 0 aliphatic carbocycles. The SMILES string of the molecule is FC(F)Oc1ccc(CNc2ccc3nncn3n2)cc1. The molecule has 0 atom stereocenters. The second-order valence-corrected chi connectivity index (χ2v) is 4.23. The van der Waals surface area contributed by atoms with Crippen molar-refractivity contribution >= 4 is 11.5 Å².